The molecule has 2 aliphatic heterocycles. The number of rotatable bonds is 6. The molecule has 2 heterocycles. The Morgan fingerprint density at radius 2 is 1.67 bits per heavy atom. The smallest absolute Gasteiger partial charge is 0.243 e. The average molecular weight is 471 g/mol. The van der Waals surface area contributed by atoms with Gasteiger partial charge in [0.05, 0.1) is 19.8 Å². The molecule has 2 aliphatic rings. The Hall–Kier alpha value is -3.10. The third-order valence-electron chi connectivity index (χ3n) is 5.93. The molecule has 4 rings (SSSR count). The van der Waals surface area contributed by atoms with Crippen molar-refractivity contribution in [2.75, 3.05) is 61.6 Å². The number of carbonyl (C=O) groups excluding carboxylic acids is 3. The second-order valence-corrected chi connectivity index (χ2v) is 8.63. The van der Waals surface area contributed by atoms with Gasteiger partial charge < -0.3 is 24.8 Å². The van der Waals surface area contributed by atoms with Gasteiger partial charge >= 0.3 is 0 Å². The van der Waals surface area contributed by atoms with Gasteiger partial charge in [0.1, 0.15) is 5.92 Å². The fraction of sp³-hybridized carbons (Fsp3) is 0.375. The van der Waals surface area contributed by atoms with E-state index in [0.717, 1.165) is 18.8 Å². The highest BCUT2D eigenvalue weighted by molar-refractivity contribution is 6.30. The number of amides is 3. The first-order valence-electron chi connectivity index (χ1n) is 11.0. The van der Waals surface area contributed by atoms with Gasteiger partial charge in [-0.15, -0.1) is 0 Å². The molecule has 0 spiro atoms. The zero-order valence-electron chi connectivity index (χ0n) is 18.5. The predicted octanol–water partition coefficient (Wildman–Crippen LogP) is 2.63. The highest BCUT2D eigenvalue weighted by Crippen LogP contribution is 2.27. The molecule has 3 amide bonds. The van der Waals surface area contributed by atoms with Gasteiger partial charge in [-0.2, -0.15) is 0 Å². The number of carbonyl (C=O) groups is 3. The fourth-order valence-electron chi connectivity index (χ4n) is 4.12. The quantitative estimate of drug-likeness (QED) is 0.656. The normalized spacial score (nSPS) is 18.4. The molecule has 8 nitrogen and oxygen atoms in total. The standard InChI is InChI=1S/C24H27ClN4O4/c1-27(23(31)21-10-11-29(24(21)32)20-6-2-17(25)3-7-20)16-22(30)26-18-4-8-19(9-5-18)28-12-14-33-15-13-28/h2-9,21H,10-16H2,1H3,(H,26,30). The maximum atomic E-state index is 12.9. The topological polar surface area (TPSA) is 82.2 Å². The average Bonchev–Trinajstić information content (AvgIpc) is 3.21. The highest BCUT2D eigenvalue weighted by atomic mass is 35.5. The third-order valence-corrected chi connectivity index (χ3v) is 6.18. The lowest BCUT2D eigenvalue weighted by Crippen LogP contribution is -2.41. The number of hydrogen-bond donors (Lipinski definition) is 1. The van der Waals surface area contributed by atoms with Crippen molar-refractivity contribution in [1.82, 2.24) is 4.90 Å². The Morgan fingerprint density at radius 1 is 1.03 bits per heavy atom. The Labute approximate surface area is 198 Å². The summed E-state index contributed by atoms with van der Waals surface area (Å²) in [6.45, 7) is 3.42. The van der Waals surface area contributed by atoms with Gasteiger partial charge in [-0.05, 0) is 55.0 Å². The number of benzene rings is 2. The minimum absolute atomic E-state index is 0.130. The summed E-state index contributed by atoms with van der Waals surface area (Å²) in [7, 11) is 1.54. The second kappa shape index (κ2) is 10.2. The molecule has 2 aromatic carbocycles. The first-order valence-corrected chi connectivity index (χ1v) is 11.3. The van der Waals surface area contributed by atoms with E-state index in [0.29, 0.717) is 42.6 Å². The van der Waals surface area contributed by atoms with Crippen LogP contribution in [0, 0.1) is 5.92 Å². The Bertz CT molecular complexity index is 1010. The van der Waals surface area contributed by atoms with Crippen LogP contribution in [0.4, 0.5) is 17.1 Å². The van der Waals surface area contributed by atoms with Crippen LogP contribution >= 0.6 is 11.6 Å². The molecule has 2 fully saturated rings. The van der Waals surface area contributed by atoms with E-state index < -0.39 is 5.92 Å². The number of halogens is 1. The van der Waals surface area contributed by atoms with Crippen LogP contribution in [-0.2, 0) is 19.1 Å². The zero-order valence-corrected chi connectivity index (χ0v) is 19.3. The van der Waals surface area contributed by atoms with Crippen LogP contribution in [0.3, 0.4) is 0 Å². The van der Waals surface area contributed by atoms with Crippen LogP contribution in [0.15, 0.2) is 48.5 Å². The van der Waals surface area contributed by atoms with Crippen molar-refractivity contribution in [3.05, 3.63) is 53.6 Å². The summed E-state index contributed by atoms with van der Waals surface area (Å²) in [6.07, 6.45) is 0.412. The summed E-state index contributed by atoms with van der Waals surface area (Å²) in [6, 6.07) is 14.5. The van der Waals surface area contributed by atoms with E-state index in [1.54, 1.807) is 36.2 Å². The molecule has 0 saturated carbocycles. The first kappa shape index (κ1) is 23.1. The van der Waals surface area contributed by atoms with E-state index in [-0.39, 0.29) is 24.3 Å². The number of morpholine rings is 1. The van der Waals surface area contributed by atoms with Gasteiger partial charge in [0.25, 0.3) is 0 Å². The van der Waals surface area contributed by atoms with Gasteiger partial charge in [-0.3, -0.25) is 14.4 Å². The summed E-state index contributed by atoms with van der Waals surface area (Å²) in [5.74, 6) is -1.71. The van der Waals surface area contributed by atoms with Crippen molar-refractivity contribution in [3.63, 3.8) is 0 Å². The monoisotopic (exact) mass is 470 g/mol. The summed E-state index contributed by atoms with van der Waals surface area (Å²) in [5, 5.41) is 3.40. The molecule has 9 heteroatoms. The van der Waals surface area contributed by atoms with E-state index >= 15 is 0 Å². The molecule has 33 heavy (non-hydrogen) atoms. The van der Waals surface area contributed by atoms with Gasteiger partial charge in [0.2, 0.25) is 17.7 Å². The van der Waals surface area contributed by atoms with E-state index in [1.807, 2.05) is 24.3 Å². The maximum Gasteiger partial charge on any atom is 0.243 e. The van der Waals surface area contributed by atoms with Crippen molar-refractivity contribution in [1.29, 1.82) is 0 Å². The van der Waals surface area contributed by atoms with Gasteiger partial charge in [-0.1, -0.05) is 11.6 Å². The summed E-state index contributed by atoms with van der Waals surface area (Å²) >= 11 is 5.92. The third kappa shape index (κ3) is 5.46. The van der Waals surface area contributed by atoms with Gasteiger partial charge in [0.15, 0.2) is 0 Å². The number of ether oxygens (including phenoxy) is 1. The van der Waals surface area contributed by atoms with Crippen molar-refractivity contribution >= 4 is 46.4 Å². The lowest BCUT2D eigenvalue weighted by Gasteiger charge is -2.29. The Kier molecular flexibility index (Phi) is 7.15. The molecule has 1 unspecified atom stereocenters. The molecular weight excluding hydrogens is 444 g/mol. The summed E-state index contributed by atoms with van der Waals surface area (Å²) < 4.78 is 5.37. The van der Waals surface area contributed by atoms with Gasteiger partial charge in [0, 0.05) is 48.8 Å². The number of likely N-dealkylation sites (N-methyl/N-ethyl adjacent to an activating group) is 1. The fourth-order valence-corrected chi connectivity index (χ4v) is 4.25. The van der Waals surface area contributed by atoms with E-state index in [2.05, 4.69) is 10.2 Å². The zero-order chi connectivity index (χ0) is 23.4. The molecule has 0 aromatic heterocycles. The van der Waals surface area contributed by atoms with Crippen LogP contribution in [0.2, 0.25) is 5.02 Å². The SMILES string of the molecule is CN(CC(=O)Nc1ccc(N2CCOCC2)cc1)C(=O)C1CCN(c2ccc(Cl)cc2)C1=O. The number of nitrogens with zero attached hydrogens (tertiary/aromatic N) is 3. The largest absolute Gasteiger partial charge is 0.378 e. The van der Waals surface area contributed by atoms with Crippen LogP contribution in [0.25, 0.3) is 0 Å². The van der Waals surface area contributed by atoms with Crippen molar-refractivity contribution < 1.29 is 19.1 Å². The minimum Gasteiger partial charge on any atom is -0.378 e. The predicted molar refractivity (Wildman–Crippen MR) is 128 cm³/mol. The Balaban J connectivity index is 1.30. The molecular formula is C24H27ClN4O4. The molecule has 0 aliphatic carbocycles. The van der Waals surface area contributed by atoms with Crippen LogP contribution in [-0.4, -0.2) is 69.1 Å². The molecule has 0 bridgehead atoms. The first-order chi connectivity index (χ1) is 15.9. The van der Waals surface area contributed by atoms with E-state index in [9.17, 15) is 14.4 Å². The van der Waals surface area contributed by atoms with Crippen LogP contribution < -0.4 is 15.1 Å². The number of hydrogen-bond acceptors (Lipinski definition) is 5. The lowest BCUT2D eigenvalue weighted by atomic mass is 10.1. The van der Waals surface area contributed by atoms with Crippen molar-refractivity contribution in [3.8, 4) is 0 Å². The van der Waals surface area contributed by atoms with Crippen molar-refractivity contribution in [2.45, 2.75) is 6.42 Å². The number of anilines is 3. The van der Waals surface area contributed by atoms with E-state index in [4.69, 9.17) is 16.3 Å². The van der Waals surface area contributed by atoms with Crippen LogP contribution in [0.5, 0.6) is 0 Å². The number of nitrogens with one attached hydrogen (secondary N) is 1. The maximum absolute atomic E-state index is 12.9. The molecule has 2 saturated heterocycles. The van der Waals surface area contributed by atoms with Crippen LogP contribution in [0.1, 0.15) is 6.42 Å². The molecule has 1 atom stereocenters. The molecule has 1 N–H and O–H groups in total. The summed E-state index contributed by atoms with van der Waals surface area (Å²) in [4.78, 5) is 43.3. The van der Waals surface area contributed by atoms with Crippen molar-refractivity contribution in [2.24, 2.45) is 5.92 Å². The minimum atomic E-state index is -0.786. The van der Waals surface area contributed by atoms with E-state index in [1.165, 1.54) is 4.90 Å². The second-order valence-electron chi connectivity index (χ2n) is 8.20. The highest BCUT2D eigenvalue weighted by Gasteiger charge is 2.39. The summed E-state index contributed by atoms with van der Waals surface area (Å²) in [5.41, 5.74) is 2.44. The van der Waals surface area contributed by atoms with Gasteiger partial charge in [-0.25, -0.2) is 0 Å². The Morgan fingerprint density at radius 3 is 2.33 bits per heavy atom. The lowest BCUT2D eigenvalue weighted by molar-refractivity contribution is -0.140. The molecule has 0 radical (unpaired) electrons. The molecule has 2 aromatic rings. The molecule has 174 valence electrons.